The number of hydrogen-bond donors (Lipinski definition) is 2. The molecule has 0 saturated carbocycles. The van der Waals surface area contributed by atoms with E-state index in [-0.39, 0.29) is 18.6 Å². The summed E-state index contributed by atoms with van der Waals surface area (Å²) in [6.45, 7) is 3.63. The number of carbonyl (C=O) groups excluding carboxylic acids is 1. The van der Waals surface area contributed by atoms with Crippen LogP contribution in [0, 0.1) is 6.92 Å². The van der Waals surface area contributed by atoms with Crippen LogP contribution in [0.2, 0.25) is 0 Å². The van der Waals surface area contributed by atoms with E-state index in [1.54, 1.807) is 13.0 Å². The molecule has 0 radical (unpaired) electrons. The first-order valence-corrected chi connectivity index (χ1v) is 5.51. The first-order valence-electron chi connectivity index (χ1n) is 4.72. The van der Waals surface area contributed by atoms with Crippen LogP contribution in [0.1, 0.15) is 22.8 Å². The Kier molecular flexibility index (Phi) is 4.29. The zero-order valence-electron chi connectivity index (χ0n) is 8.75. The number of carbonyl (C=O) groups is 1. The van der Waals surface area contributed by atoms with Crippen molar-refractivity contribution in [2.24, 2.45) is 0 Å². The smallest absolute Gasteiger partial charge is 0.251 e. The molecular weight excluding hydrogens is 258 g/mol. The Hall–Kier alpha value is -0.870. The molecule has 1 aromatic rings. The van der Waals surface area contributed by atoms with Gasteiger partial charge in [0.1, 0.15) is 0 Å². The normalized spacial score (nSPS) is 12.3. The first-order chi connectivity index (χ1) is 7.04. The highest BCUT2D eigenvalue weighted by Gasteiger charge is 2.09. The fraction of sp³-hybridized carbons (Fsp3) is 0.364. The number of amides is 1. The van der Waals surface area contributed by atoms with Gasteiger partial charge >= 0.3 is 0 Å². The molecule has 1 atom stereocenters. The zero-order valence-corrected chi connectivity index (χ0v) is 10.3. The summed E-state index contributed by atoms with van der Waals surface area (Å²) >= 11 is 3.37. The van der Waals surface area contributed by atoms with Crippen LogP contribution in [0.5, 0.6) is 0 Å². The zero-order chi connectivity index (χ0) is 11.4. The highest BCUT2D eigenvalue weighted by Crippen LogP contribution is 2.16. The van der Waals surface area contributed by atoms with Crippen LogP contribution in [0.25, 0.3) is 0 Å². The SMILES string of the molecule is Cc1cc(C(=O)N[C@@H](C)CO)ccc1Br. The van der Waals surface area contributed by atoms with E-state index in [1.807, 2.05) is 19.1 Å². The van der Waals surface area contributed by atoms with E-state index < -0.39 is 0 Å². The van der Waals surface area contributed by atoms with Crippen molar-refractivity contribution >= 4 is 21.8 Å². The molecule has 15 heavy (non-hydrogen) atoms. The lowest BCUT2D eigenvalue weighted by atomic mass is 10.1. The van der Waals surface area contributed by atoms with Gasteiger partial charge in [-0.1, -0.05) is 15.9 Å². The molecular formula is C11H14BrNO2. The quantitative estimate of drug-likeness (QED) is 0.882. The number of hydrogen-bond acceptors (Lipinski definition) is 2. The van der Waals surface area contributed by atoms with Crippen LogP contribution < -0.4 is 5.32 Å². The predicted octanol–water partition coefficient (Wildman–Crippen LogP) is 1.87. The molecule has 0 aliphatic rings. The molecule has 0 heterocycles. The van der Waals surface area contributed by atoms with Gasteiger partial charge in [0.05, 0.1) is 6.61 Å². The van der Waals surface area contributed by atoms with Gasteiger partial charge in [-0.3, -0.25) is 4.79 Å². The Labute approximate surface area is 97.6 Å². The third-order valence-electron chi connectivity index (χ3n) is 2.07. The fourth-order valence-corrected chi connectivity index (χ4v) is 1.39. The van der Waals surface area contributed by atoms with Gasteiger partial charge in [-0.05, 0) is 37.6 Å². The monoisotopic (exact) mass is 271 g/mol. The maximum absolute atomic E-state index is 11.6. The molecule has 1 amide bonds. The summed E-state index contributed by atoms with van der Waals surface area (Å²) in [7, 11) is 0. The second-order valence-electron chi connectivity index (χ2n) is 3.52. The summed E-state index contributed by atoms with van der Waals surface area (Å²) in [5.41, 5.74) is 1.62. The second-order valence-corrected chi connectivity index (χ2v) is 4.38. The summed E-state index contributed by atoms with van der Waals surface area (Å²) < 4.78 is 0.981. The number of aliphatic hydroxyl groups is 1. The number of benzene rings is 1. The molecule has 0 aliphatic carbocycles. The van der Waals surface area contributed by atoms with Crippen molar-refractivity contribution in [3.05, 3.63) is 33.8 Å². The molecule has 4 heteroatoms. The minimum absolute atomic E-state index is 0.0543. The van der Waals surface area contributed by atoms with Gasteiger partial charge in [0.2, 0.25) is 0 Å². The molecule has 82 valence electrons. The van der Waals surface area contributed by atoms with E-state index >= 15 is 0 Å². The van der Waals surface area contributed by atoms with Gasteiger partial charge < -0.3 is 10.4 Å². The van der Waals surface area contributed by atoms with E-state index in [0.717, 1.165) is 10.0 Å². The Morgan fingerprint density at radius 3 is 2.80 bits per heavy atom. The third-order valence-corrected chi connectivity index (χ3v) is 2.96. The van der Waals surface area contributed by atoms with Gasteiger partial charge in [0.15, 0.2) is 0 Å². The molecule has 2 N–H and O–H groups in total. The van der Waals surface area contributed by atoms with Crippen LogP contribution in [0.15, 0.2) is 22.7 Å². The van der Waals surface area contributed by atoms with Crippen molar-refractivity contribution in [3.63, 3.8) is 0 Å². The lowest BCUT2D eigenvalue weighted by Gasteiger charge is -2.11. The summed E-state index contributed by atoms with van der Waals surface area (Å²) in [5.74, 6) is -0.160. The van der Waals surface area contributed by atoms with Crippen molar-refractivity contribution in [2.75, 3.05) is 6.61 Å². The van der Waals surface area contributed by atoms with Crippen molar-refractivity contribution in [1.29, 1.82) is 0 Å². The second kappa shape index (κ2) is 5.28. The first kappa shape index (κ1) is 12.2. The summed E-state index contributed by atoms with van der Waals surface area (Å²) in [4.78, 5) is 11.6. The molecule has 0 fully saturated rings. The lowest BCUT2D eigenvalue weighted by Crippen LogP contribution is -2.34. The number of aryl methyl sites for hydroxylation is 1. The van der Waals surface area contributed by atoms with Gasteiger partial charge in [-0.15, -0.1) is 0 Å². The van der Waals surface area contributed by atoms with Crippen LogP contribution in [0.3, 0.4) is 0 Å². The third kappa shape index (κ3) is 3.32. The largest absolute Gasteiger partial charge is 0.394 e. The minimum atomic E-state index is -0.221. The van der Waals surface area contributed by atoms with E-state index in [4.69, 9.17) is 5.11 Å². The molecule has 1 aromatic carbocycles. The van der Waals surface area contributed by atoms with Crippen LogP contribution in [0.4, 0.5) is 0 Å². The Balaban J connectivity index is 2.78. The molecule has 0 unspecified atom stereocenters. The van der Waals surface area contributed by atoms with Crippen LogP contribution >= 0.6 is 15.9 Å². The van der Waals surface area contributed by atoms with Crippen molar-refractivity contribution < 1.29 is 9.90 Å². The number of rotatable bonds is 3. The summed E-state index contributed by atoms with van der Waals surface area (Å²) in [5, 5.41) is 11.5. The molecule has 0 bridgehead atoms. The highest BCUT2D eigenvalue weighted by molar-refractivity contribution is 9.10. The Morgan fingerprint density at radius 1 is 1.60 bits per heavy atom. The molecule has 1 rings (SSSR count). The van der Waals surface area contributed by atoms with Gasteiger partial charge in [0, 0.05) is 16.1 Å². The molecule has 3 nitrogen and oxygen atoms in total. The molecule has 0 saturated heterocycles. The van der Waals surface area contributed by atoms with Crippen LogP contribution in [-0.4, -0.2) is 23.7 Å². The van der Waals surface area contributed by atoms with E-state index in [1.165, 1.54) is 0 Å². The maximum atomic E-state index is 11.6. The van der Waals surface area contributed by atoms with E-state index in [0.29, 0.717) is 5.56 Å². The Bertz CT molecular complexity index is 366. The standard InChI is InChI=1S/C11H14BrNO2/c1-7-5-9(3-4-10(7)12)11(15)13-8(2)6-14/h3-5,8,14H,6H2,1-2H3,(H,13,15)/t8-/m0/s1. The summed E-state index contributed by atoms with van der Waals surface area (Å²) in [6.07, 6.45) is 0. The lowest BCUT2D eigenvalue weighted by molar-refractivity contribution is 0.0922. The molecule has 0 aliphatic heterocycles. The van der Waals surface area contributed by atoms with Gasteiger partial charge in [0.25, 0.3) is 5.91 Å². The van der Waals surface area contributed by atoms with Crippen molar-refractivity contribution in [3.8, 4) is 0 Å². The van der Waals surface area contributed by atoms with E-state index in [9.17, 15) is 4.79 Å². The minimum Gasteiger partial charge on any atom is -0.394 e. The number of halogens is 1. The van der Waals surface area contributed by atoms with Crippen molar-refractivity contribution in [2.45, 2.75) is 19.9 Å². The number of nitrogens with one attached hydrogen (secondary N) is 1. The molecule has 0 aromatic heterocycles. The Morgan fingerprint density at radius 2 is 2.27 bits per heavy atom. The fourth-order valence-electron chi connectivity index (χ4n) is 1.14. The number of aliphatic hydroxyl groups excluding tert-OH is 1. The summed E-state index contributed by atoms with van der Waals surface area (Å²) in [6, 6.07) is 5.18. The van der Waals surface area contributed by atoms with E-state index in [2.05, 4.69) is 21.2 Å². The van der Waals surface area contributed by atoms with Crippen molar-refractivity contribution in [1.82, 2.24) is 5.32 Å². The average molecular weight is 272 g/mol. The van der Waals surface area contributed by atoms with Crippen LogP contribution in [-0.2, 0) is 0 Å². The maximum Gasteiger partial charge on any atom is 0.251 e. The topological polar surface area (TPSA) is 49.3 Å². The van der Waals surface area contributed by atoms with Gasteiger partial charge in [-0.25, -0.2) is 0 Å². The highest BCUT2D eigenvalue weighted by atomic mass is 79.9. The average Bonchev–Trinajstić information content (AvgIpc) is 2.21. The van der Waals surface area contributed by atoms with Gasteiger partial charge in [-0.2, -0.15) is 0 Å². The predicted molar refractivity (Wildman–Crippen MR) is 62.9 cm³/mol. The molecule has 0 spiro atoms.